The number of amides is 3. The topological polar surface area (TPSA) is 99.0 Å². The Morgan fingerprint density at radius 3 is 2.65 bits per heavy atom. The number of carbonyl (C=O) groups excluding carboxylic acids is 2. The molecule has 0 saturated carbocycles. The minimum Gasteiger partial charge on any atom is -0.459 e. The Morgan fingerprint density at radius 1 is 1.35 bits per heavy atom. The number of furan rings is 1. The molecule has 1 aliphatic heterocycles. The fraction of sp³-hybridized carbons (Fsp3) is 0.500. The molecule has 1 aromatic heterocycles. The van der Waals surface area contributed by atoms with Crippen LogP contribution in [0.15, 0.2) is 27.2 Å². The number of urea groups is 1. The van der Waals surface area contributed by atoms with Gasteiger partial charge in [0.25, 0.3) is 5.91 Å². The minimum atomic E-state index is -0.787. The number of aliphatic imine (C=N–C) groups is 1. The first-order valence-electron chi connectivity index (χ1n) is 8.81. The van der Waals surface area contributed by atoms with Crippen molar-refractivity contribution in [1.82, 2.24) is 20.9 Å². The molecule has 3 amide bonds. The Kier molecular flexibility index (Phi) is 6.97. The highest BCUT2D eigenvalue weighted by Gasteiger charge is 2.33. The number of nitrogens with one attached hydrogen (secondary N) is 3. The highest BCUT2D eigenvalue weighted by atomic mass is 16.3. The molecule has 142 valence electrons. The molecule has 1 unspecified atom stereocenters. The van der Waals surface area contributed by atoms with Gasteiger partial charge in [0.05, 0.1) is 11.4 Å². The number of allylic oxidation sites excluding steroid dienone is 1. The third-order valence-electron chi connectivity index (χ3n) is 4.36. The molecule has 0 radical (unpaired) electrons. The van der Waals surface area contributed by atoms with Gasteiger partial charge in [0.1, 0.15) is 11.5 Å². The molecule has 3 N–H and O–H groups in total. The molecular formula is C18H27N5O3. The largest absolute Gasteiger partial charge is 0.459 e. The first-order chi connectivity index (χ1) is 12.5. The van der Waals surface area contributed by atoms with Crippen LogP contribution < -0.4 is 16.0 Å². The maximum absolute atomic E-state index is 11.7. The Balaban J connectivity index is 2.09. The maximum Gasteiger partial charge on any atom is 0.322 e. The minimum absolute atomic E-state index is 0.396. The quantitative estimate of drug-likeness (QED) is 0.458. The van der Waals surface area contributed by atoms with Crippen molar-refractivity contribution in [2.45, 2.75) is 26.8 Å². The molecule has 26 heavy (non-hydrogen) atoms. The predicted molar refractivity (Wildman–Crippen MR) is 101 cm³/mol. The molecule has 0 bridgehead atoms. The zero-order valence-electron chi connectivity index (χ0n) is 15.8. The van der Waals surface area contributed by atoms with Gasteiger partial charge in [-0.3, -0.25) is 15.1 Å². The van der Waals surface area contributed by atoms with E-state index in [1.165, 1.54) is 0 Å². The fourth-order valence-electron chi connectivity index (χ4n) is 2.65. The number of likely N-dealkylation sites (N-methyl/N-ethyl adjacent to an activating group) is 1. The zero-order chi connectivity index (χ0) is 19.1. The molecule has 0 aromatic carbocycles. The van der Waals surface area contributed by atoms with Crippen molar-refractivity contribution in [3.8, 4) is 0 Å². The SMILES string of the molecule is CCN(CC)CCN/C(=C/c1ccc(C2NC(=O)NC2=O)o1)C(C)=NC. The Morgan fingerprint density at radius 2 is 2.08 bits per heavy atom. The summed E-state index contributed by atoms with van der Waals surface area (Å²) in [4.78, 5) is 29.5. The van der Waals surface area contributed by atoms with E-state index in [0.717, 1.165) is 37.6 Å². The number of hydrogen-bond acceptors (Lipinski definition) is 6. The van der Waals surface area contributed by atoms with Crippen LogP contribution in [0.3, 0.4) is 0 Å². The summed E-state index contributed by atoms with van der Waals surface area (Å²) < 4.78 is 5.72. The maximum atomic E-state index is 11.7. The van der Waals surface area contributed by atoms with Gasteiger partial charge in [-0.2, -0.15) is 0 Å². The third kappa shape index (κ3) is 4.95. The van der Waals surface area contributed by atoms with Crippen LogP contribution >= 0.6 is 0 Å². The highest BCUT2D eigenvalue weighted by Crippen LogP contribution is 2.21. The van der Waals surface area contributed by atoms with Crippen LogP contribution in [0.1, 0.15) is 38.3 Å². The Labute approximate surface area is 153 Å². The van der Waals surface area contributed by atoms with Crippen molar-refractivity contribution in [3.05, 3.63) is 29.4 Å². The van der Waals surface area contributed by atoms with Crippen molar-refractivity contribution in [3.63, 3.8) is 0 Å². The first-order valence-corrected chi connectivity index (χ1v) is 8.81. The Hall–Kier alpha value is -2.61. The molecular weight excluding hydrogens is 334 g/mol. The summed E-state index contributed by atoms with van der Waals surface area (Å²) in [6.07, 6.45) is 1.85. The average Bonchev–Trinajstić information content (AvgIpc) is 3.22. The van der Waals surface area contributed by atoms with Crippen LogP contribution in [0, 0.1) is 0 Å². The van der Waals surface area contributed by atoms with Gasteiger partial charge in [-0.1, -0.05) is 13.8 Å². The second kappa shape index (κ2) is 9.19. The van der Waals surface area contributed by atoms with Crippen molar-refractivity contribution in [2.75, 3.05) is 33.2 Å². The van der Waals surface area contributed by atoms with Crippen molar-refractivity contribution in [2.24, 2.45) is 4.99 Å². The van der Waals surface area contributed by atoms with Crippen LogP contribution in [0.25, 0.3) is 6.08 Å². The van der Waals surface area contributed by atoms with E-state index in [0.29, 0.717) is 11.5 Å². The van der Waals surface area contributed by atoms with Gasteiger partial charge >= 0.3 is 6.03 Å². The molecule has 2 heterocycles. The van der Waals surface area contributed by atoms with E-state index in [1.807, 2.05) is 13.0 Å². The van der Waals surface area contributed by atoms with Gasteiger partial charge in [-0.25, -0.2) is 4.79 Å². The molecule has 1 aliphatic rings. The number of imide groups is 1. The molecule has 1 atom stereocenters. The lowest BCUT2D eigenvalue weighted by Gasteiger charge is -2.19. The zero-order valence-corrected chi connectivity index (χ0v) is 15.8. The smallest absolute Gasteiger partial charge is 0.322 e. The summed E-state index contributed by atoms with van der Waals surface area (Å²) in [7, 11) is 1.74. The number of carbonyl (C=O) groups is 2. The average molecular weight is 361 g/mol. The summed E-state index contributed by atoms with van der Waals surface area (Å²) in [5.74, 6) is 0.569. The van der Waals surface area contributed by atoms with Crippen molar-refractivity contribution < 1.29 is 14.0 Å². The molecule has 0 spiro atoms. The van der Waals surface area contributed by atoms with Crippen LogP contribution in [0.2, 0.25) is 0 Å². The van der Waals surface area contributed by atoms with Crippen molar-refractivity contribution >= 4 is 23.7 Å². The number of rotatable bonds is 9. The first kappa shape index (κ1) is 19.7. The van der Waals surface area contributed by atoms with Gasteiger partial charge < -0.3 is 20.0 Å². The Bertz CT molecular complexity index is 703. The molecule has 1 saturated heterocycles. The van der Waals surface area contributed by atoms with E-state index in [4.69, 9.17) is 4.42 Å². The van der Waals surface area contributed by atoms with Gasteiger partial charge in [0.15, 0.2) is 6.04 Å². The van der Waals surface area contributed by atoms with Gasteiger partial charge in [-0.15, -0.1) is 0 Å². The van der Waals surface area contributed by atoms with Gasteiger partial charge in [0.2, 0.25) is 0 Å². The molecule has 8 nitrogen and oxygen atoms in total. The fourth-order valence-corrected chi connectivity index (χ4v) is 2.65. The highest BCUT2D eigenvalue weighted by molar-refractivity contribution is 6.04. The third-order valence-corrected chi connectivity index (χ3v) is 4.36. The van der Waals surface area contributed by atoms with Crippen LogP contribution in [0.4, 0.5) is 4.79 Å². The molecule has 0 aliphatic carbocycles. The summed E-state index contributed by atoms with van der Waals surface area (Å²) in [5.41, 5.74) is 1.72. The van der Waals surface area contributed by atoms with E-state index in [2.05, 4.69) is 39.7 Å². The van der Waals surface area contributed by atoms with Gasteiger partial charge in [0, 0.05) is 26.2 Å². The second-order valence-corrected chi connectivity index (χ2v) is 5.96. The standard InChI is InChI=1S/C18H27N5O3/c1-5-23(6-2)10-9-20-14(12(3)19-4)11-13-7-8-15(26-13)16-17(24)22-18(25)21-16/h7-8,11,16,20H,5-6,9-10H2,1-4H3,(H2,21,22,24,25)/b14-11+,19-12?. The van der Waals surface area contributed by atoms with Crippen LogP contribution in [-0.4, -0.2) is 55.8 Å². The molecule has 2 rings (SSSR count). The monoisotopic (exact) mass is 361 g/mol. The van der Waals surface area contributed by atoms with E-state index < -0.39 is 18.0 Å². The van der Waals surface area contributed by atoms with E-state index in [9.17, 15) is 9.59 Å². The summed E-state index contributed by atoms with van der Waals surface area (Å²) >= 11 is 0. The predicted octanol–water partition coefficient (Wildman–Crippen LogP) is 1.52. The lowest BCUT2D eigenvalue weighted by Crippen LogP contribution is -2.32. The normalized spacial score (nSPS) is 18.3. The number of hydrogen-bond donors (Lipinski definition) is 3. The van der Waals surface area contributed by atoms with E-state index >= 15 is 0 Å². The van der Waals surface area contributed by atoms with Crippen LogP contribution in [-0.2, 0) is 4.79 Å². The summed E-state index contributed by atoms with van der Waals surface area (Å²) in [6, 6.07) is 2.15. The van der Waals surface area contributed by atoms with Crippen LogP contribution in [0.5, 0.6) is 0 Å². The van der Waals surface area contributed by atoms with E-state index in [-0.39, 0.29) is 0 Å². The molecule has 8 heteroatoms. The summed E-state index contributed by atoms with van der Waals surface area (Å²) in [5, 5.41) is 8.11. The van der Waals surface area contributed by atoms with Crippen molar-refractivity contribution in [1.29, 1.82) is 0 Å². The lowest BCUT2D eigenvalue weighted by molar-refractivity contribution is -0.120. The lowest BCUT2D eigenvalue weighted by atomic mass is 10.2. The molecule has 1 aromatic rings. The summed E-state index contributed by atoms with van der Waals surface area (Å²) in [6.45, 7) is 9.94. The second-order valence-electron chi connectivity index (χ2n) is 5.96. The van der Waals surface area contributed by atoms with E-state index in [1.54, 1.807) is 19.2 Å². The molecule has 1 fully saturated rings. The number of nitrogens with zero attached hydrogens (tertiary/aromatic N) is 2. The van der Waals surface area contributed by atoms with Gasteiger partial charge in [-0.05, 0) is 32.1 Å².